The first-order valence-electron chi connectivity index (χ1n) is 11.4. The lowest BCUT2D eigenvalue weighted by Gasteiger charge is -2.17. The summed E-state index contributed by atoms with van der Waals surface area (Å²) in [7, 11) is 0. The Hall–Kier alpha value is -1.05. The number of hydrogen-bond acceptors (Lipinski definition) is 2. The summed E-state index contributed by atoms with van der Waals surface area (Å²) < 4.78 is 5.30. The number of unbranched alkanes of at least 4 members (excludes halogenated alkanes) is 8. The topological polar surface area (TPSA) is 26.3 Å². The summed E-state index contributed by atoms with van der Waals surface area (Å²) in [5.41, 5.74) is 0.326. The van der Waals surface area contributed by atoms with E-state index in [0.717, 1.165) is 32.1 Å². The Morgan fingerprint density at radius 1 is 0.778 bits per heavy atom. The molecule has 0 unspecified atom stereocenters. The van der Waals surface area contributed by atoms with Gasteiger partial charge in [-0.05, 0) is 56.8 Å². The minimum absolute atomic E-state index is 0.0189. The third-order valence-corrected chi connectivity index (χ3v) is 4.67. The van der Waals surface area contributed by atoms with E-state index < -0.39 is 0 Å². The van der Waals surface area contributed by atoms with Gasteiger partial charge in [0, 0.05) is 6.42 Å². The summed E-state index contributed by atoms with van der Waals surface area (Å²) >= 11 is 0. The molecule has 0 amide bonds. The van der Waals surface area contributed by atoms with Crippen LogP contribution in [-0.4, -0.2) is 12.6 Å². The van der Waals surface area contributed by atoms with E-state index >= 15 is 0 Å². The largest absolute Gasteiger partial charge is 0.466 e. The summed E-state index contributed by atoms with van der Waals surface area (Å²) in [6.45, 7) is 9.48. The lowest BCUT2D eigenvalue weighted by atomic mass is 9.91. The fraction of sp³-hybridized carbons (Fsp3) is 0.800. The molecule has 0 aromatic heterocycles. The average Bonchev–Trinajstić information content (AvgIpc) is 2.61. The highest BCUT2D eigenvalue weighted by molar-refractivity contribution is 5.69. The van der Waals surface area contributed by atoms with Gasteiger partial charge in [0.1, 0.15) is 0 Å². The summed E-state index contributed by atoms with van der Waals surface area (Å²) in [6.07, 6.45) is 25.2. The monoisotopic (exact) mass is 378 g/mol. The van der Waals surface area contributed by atoms with Crippen LogP contribution in [0.2, 0.25) is 0 Å². The predicted octanol–water partition coefficient (Wildman–Crippen LogP) is 8.17. The molecule has 0 aromatic rings. The minimum atomic E-state index is -0.0189. The summed E-state index contributed by atoms with van der Waals surface area (Å²) in [4.78, 5) is 11.7. The first-order chi connectivity index (χ1) is 13.0. The van der Waals surface area contributed by atoms with Gasteiger partial charge in [0.25, 0.3) is 0 Å². The van der Waals surface area contributed by atoms with Crippen LogP contribution in [-0.2, 0) is 9.53 Å². The van der Waals surface area contributed by atoms with Gasteiger partial charge in [-0.15, -0.1) is 0 Å². The molecule has 27 heavy (non-hydrogen) atoms. The maximum absolute atomic E-state index is 11.7. The van der Waals surface area contributed by atoms with Gasteiger partial charge in [0.15, 0.2) is 0 Å². The third-order valence-electron chi connectivity index (χ3n) is 4.67. The molecule has 0 aliphatic carbocycles. The number of esters is 1. The Kier molecular flexibility index (Phi) is 17.6. The van der Waals surface area contributed by atoms with E-state index in [4.69, 9.17) is 4.74 Å². The zero-order valence-electron chi connectivity index (χ0n) is 18.7. The minimum Gasteiger partial charge on any atom is -0.466 e. The molecule has 0 N–H and O–H groups in total. The second kappa shape index (κ2) is 18.3. The fourth-order valence-corrected chi connectivity index (χ4v) is 2.94. The molecule has 0 spiro atoms. The van der Waals surface area contributed by atoms with E-state index in [1.165, 1.54) is 51.4 Å². The van der Waals surface area contributed by atoms with E-state index in [0.29, 0.717) is 18.4 Å². The Morgan fingerprint density at radius 2 is 1.37 bits per heavy atom. The Labute approximate surface area is 169 Å². The van der Waals surface area contributed by atoms with Crippen molar-refractivity contribution in [3.63, 3.8) is 0 Å². The zero-order chi connectivity index (χ0) is 20.2. The molecule has 0 atom stereocenters. The van der Waals surface area contributed by atoms with E-state index in [1.54, 1.807) is 0 Å². The molecule has 2 heteroatoms. The first kappa shape index (κ1) is 26.0. The molecular formula is C25H46O2. The molecule has 0 aliphatic rings. The maximum Gasteiger partial charge on any atom is 0.305 e. The fourth-order valence-electron chi connectivity index (χ4n) is 2.94. The van der Waals surface area contributed by atoms with Crippen molar-refractivity contribution >= 4 is 5.97 Å². The molecule has 0 saturated heterocycles. The summed E-state index contributed by atoms with van der Waals surface area (Å²) in [5, 5.41) is 0. The van der Waals surface area contributed by atoms with Crippen molar-refractivity contribution in [2.75, 3.05) is 6.61 Å². The highest BCUT2D eigenvalue weighted by Crippen LogP contribution is 2.20. The maximum atomic E-state index is 11.7. The standard InChI is InChI=1S/C25H46O2/c1-5-6-7-8-9-10-11-12-13-14-15-16-17-18-19-21-24(26)27-23-20-22-25(2,3)4/h9-10,12-13H,5-8,11,14-23H2,1-4H3/b10-9-,13-12-. The highest BCUT2D eigenvalue weighted by atomic mass is 16.5. The molecule has 0 heterocycles. The van der Waals surface area contributed by atoms with Crippen LogP contribution < -0.4 is 0 Å². The number of ether oxygens (including phenoxy) is 1. The van der Waals surface area contributed by atoms with Gasteiger partial charge in [0.05, 0.1) is 6.61 Å². The van der Waals surface area contributed by atoms with Crippen molar-refractivity contribution in [3.05, 3.63) is 24.3 Å². The van der Waals surface area contributed by atoms with Crippen LogP contribution in [0.15, 0.2) is 24.3 Å². The molecular weight excluding hydrogens is 332 g/mol. The van der Waals surface area contributed by atoms with Crippen LogP contribution >= 0.6 is 0 Å². The van der Waals surface area contributed by atoms with Crippen molar-refractivity contribution in [1.82, 2.24) is 0 Å². The molecule has 0 aromatic carbocycles. The predicted molar refractivity (Wildman–Crippen MR) is 119 cm³/mol. The van der Waals surface area contributed by atoms with E-state index in [2.05, 4.69) is 52.0 Å². The molecule has 0 radical (unpaired) electrons. The molecule has 0 saturated carbocycles. The van der Waals surface area contributed by atoms with Gasteiger partial charge >= 0.3 is 5.97 Å². The number of carbonyl (C=O) groups excluding carboxylic acids is 1. The number of hydrogen-bond donors (Lipinski definition) is 0. The Morgan fingerprint density at radius 3 is 2.00 bits per heavy atom. The highest BCUT2D eigenvalue weighted by Gasteiger charge is 2.10. The van der Waals surface area contributed by atoms with Crippen molar-refractivity contribution in [2.45, 2.75) is 118 Å². The van der Waals surface area contributed by atoms with Crippen molar-refractivity contribution in [2.24, 2.45) is 5.41 Å². The third kappa shape index (κ3) is 22.9. The van der Waals surface area contributed by atoms with E-state index in [-0.39, 0.29) is 5.97 Å². The van der Waals surface area contributed by atoms with Crippen LogP contribution in [0.4, 0.5) is 0 Å². The molecule has 0 fully saturated rings. The quantitative estimate of drug-likeness (QED) is 0.145. The number of allylic oxidation sites excluding steroid dienone is 4. The van der Waals surface area contributed by atoms with Crippen LogP contribution in [0.25, 0.3) is 0 Å². The normalized spacial score (nSPS) is 12.3. The van der Waals surface area contributed by atoms with Gasteiger partial charge in [-0.1, -0.05) is 84.1 Å². The Balaban J connectivity index is 3.32. The number of rotatable bonds is 17. The van der Waals surface area contributed by atoms with Crippen molar-refractivity contribution in [3.8, 4) is 0 Å². The second-order valence-electron chi connectivity index (χ2n) is 8.87. The van der Waals surface area contributed by atoms with Crippen LogP contribution in [0.3, 0.4) is 0 Å². The zero-order valence-corrected chi connectivity index (χ0v) is 18.7. The van der Waals surface area contributed by atoms with Crippen LogP contribution in [0.1, 0.15) is 118 Å². The van der Waals surface area contributed by atoms with Crippen molar-refractivity contribution < 1.29 is 9.53 Å². The van der Waals surface area contributed by atoms with E-state index in [9.17, 15) is 4.79 Å². The lowest BCUT2D eigenvalue weighted by molar-refractivity contribution is -0.144. The first-order valence-corrected chi connectivity index (χ1v) is 11.4. The van der Waals surface area contributed by atoms with Crippen LogP contribution in [0.5, 0.6) is 0 Å². The van der Waals surface area contributed by atoms with E-state index in [1.807, 2.05) is 0 Å². The molecule has 0 rings (SSSR count). The van der Waals surface area contributed by atoms with Gasteiger partial charge in [0.2, 0.25) is 0 Å². The number of carbonyl (C=O) groups is 1. The van der Waals surface area contributed by atoms with Crippen LogP contribution in [0, 0.1) is 5.41 Å². The van der Waals surface area contributed by atoms with Gasteiger partial charge in [-0.2, -0.15) is 0 Å². The Bertz CT molecular complexity index is 388. The van der Waals surface area contributed by atoms with Gasteiger partial charge in [-0.25, -0.2) is 0 Å². The SMILES string of the molecule is CCCCC/C=C\C/C=C\CCCCCCCC(=O)OCCCC(C)(C)C. The van der Waals surface area contributed by atoms with Crippen molar-refractivity contribution in [1.29, 1.82) is 0 Å². The summed E-state index contributed by atoms with van der Waals surface area (Å²) in [6, 6.07) is 0. The molecule has 158 valence electrons. The second-order valence-corrected chi connectivity index (χ2v) is 8.87. The molecule has 0 bridgehead atoms. The van der Waals surface area contributed by atoms with Gasteiger partial charge < -0.3 is 4.74 Å². The lowest BCUT2D eigenvalue weighted by Crippen LogP contribution is -2.10. The summed E-state index contributed by atoms with van der Waals surface area (Å²) in [5.74, 6) is -0.0189. The smallest absolute Gasteiger partial charge is 0.305 e. The average molecular weight is 379 g/mol. The molecule has 0 aliphatic heterocycles. The van der Waals surface area contributed by atoms with Gasteiger partial charge in [-0.3, -0.25) is 4.79 Å². The molecule has 2 nitrogen and oxygen atoms in total.